The molecule has 0 spiro atoms. The van der Waals surface area contributed by atoms with E-state index in [1.54, 1.807) is 13.8 Å². The number of ether oxygens (including phenoxy) is 5. The fraction of sp³-hybridized carbons (Fsp3) is 0.786. The van der Waals surface area contributed by atoms with Crippen molar-refractivity contribution in [2.45, 2.75) is 20.1 Å². The highest BCUT2D eigenvalue weighted by Gasteiger charge is 2.82. The van der Waals surface area contributed by atoms with Gasteiger partial charge in [-0.25, -0.2) is 0 Å². The number of methoxy groups -OCH3 is 3. The number of hydrogen-bond donors (Lipinski definition) is 0. The second-order valence-corrected chi connectivity index (χ2v) is 4.68. The van der Waals surface area contributed by atoms with Gasteiger partial charge >= 0.3 is 17.9 Å². The van der Waals surface area contributed by atoms with Gasteiger partial charge in [-0.1, -0.05) is 0 Å². The van der Waals surface area contributed by atoms with Gasteiger partial charge < -0.3 is 23.7 Å². The summed E-state index contributed by atoms with van der Waals surface area (Å²) in [6, 6.07) is 0. The molecule has 0 saturated heterocycles. The second kappa shape index (κ2) is 7.55. The Balaban J connectivity index is 3.28. The predicted molar refractivity (Wildman–Crippen MR) is 72.5 cm³/mol. The van der Waals surface area contributed by atoms with E-state index in [-0.39, 0.29) is 13.2 Å². The molecular weight excluding hydrogens is 296 g/mol. The van der Waals surface area contributed by atoms with Crippen LogP contribution in [0, 0.1) is 17.3 Å². The van der Waals surface area contributed by atoms with Crippen molar-refractivity contribution in [1.29, 1.82) is 0 Å². The Morgan fingerprint density at radius 1 is 0.955 bits per heavy atom. The summed E-state index contributed by atoms with van der Waals surface area (Å²) >= 11 is 0. The molecule has 1 aliphatic rings. The highest BCUT2D eigenvalue weighted by Crippen LogP contribution is 2.63. The van der Waals surface area contributed by atoms with E-state index in [4.69, 9.17) is 18.9 Å². The Morgan fingerprint density at radius 2 is 1.41 bits per heavy atom. The van der Waals surface area contributed by atoms with Crippen LogP contribution in [0.5, 0.6) is 0 Å². The number of rotatable bonds is 8. The van der Waals surface area contributed by atoms with Gasteiger partial charge in [0.05, 0.1) is 32.2 Å². The SMILES string of the molecule is CCOC(=O)C1(C(=O)OCC)[C@@H](C(=O)OC)[C@@H]1C(OC)OC. The zero-order valence-electron chi connectivity index (χ0n) is 13.4. The van der Waals surface area contributed by atoms with Crippen LogP contribution in [0.4, 0.5) is 0 Å². The molecule has 8 heteroatoms. The Morgan fingerprint density at radius 3 is 1.73 bits per heavy atom. The van der Waals surface area contributed by atoms with Gasteiger partial charge in [0.1, 0.15) is 0 Å². The van der Waals surface area contributed by atoms with Crippen LogP contribution in [0.2, 0.25) is 0 Å². The van der Waals surface area contributed by atoms with Crippen LogP contribution in [0.1, 0.15) is 13.8 Å². The summed E-state index contributed by atoms with van der Waals surface area (Å²) in [5, 5.41) is 0. The summed E-state index contributed by atoms with van der Waals surface area (Å²) in [4.78, 5) is 36.8. The zero-order valence-corrected chi connectivity index (χ0v) is 13.4. The molecule has 1 rings (SSSR count). The summed E-state index contributed by atoms with van der Waals surface area (Å²) in [5.41, 5.74) is -1.80. The first-order valence-electron chi connectivity index (χ1n) is 6.95. The molecular formula is C14H22O8. The van der Waals surface area contributed by atoms with Gasteiger partial charge in [-0.05, 0) is 13.8 Å². The predicted octanol–water partition coefficient (Wildman–Crippen LogP) is 0.137. The van der Waals surface area contributed by atoms with Crippen molar-refractivity contribution in [3.63, 3.8) is 0 Å². The van der Waals surface area contributed by atoms with Gasteiger partial charge in [0, 0.05) is 14.2 Å². The smallest absolute Gasteiger partial charge is 0.324 e. The minimum absolute atomic E-state index is 0.0607. The second-order valence-electron chi connectivity index (χ2n) is 4.68. The van der Waals surface area contributed by atoms with Crippen LogP contribution in [0.25, 0.3) is 0 Å². The Hall–Kier alpha value is -1.67. The summed E-state index contributed by atoms with van der Waals surface area (Å²) in [5.74, 6) is -4.33. The highest BCUT2D eigenvalue weighted by molar-refractivity contribution is 6.10. The van der Waals surface area contributed by atoms with Gasteiger partial charge in [0.15, 0.2) is 11.7 Å². The minimum Gasteiger partial charge on any atom is -0.469 e. The van der Waals surface area contributed by atoms with Crippen LogP contribution >= 0.6 is 0 Å². The van der Waals surface area contributed by atoms with Crippen molar-refractivity contribution in [2.75, 3.05) is 34.5 Å². The van der Waals surface area contributed by atoms with Gasteiger partial charge in [-0.3, -0.25) is 14.4 Å². The summed E-state index contributed by atoms with van der Waals surface area (Å²) in [6.07, 6.45) is -0.946. The minimum atomic E-state index is -1.80. The van der Waals surface area contributed by atoms with Crippen LogP contribution in [0.3, 0.4) is 0 Å². The third-order valence-corrected chi connectivity index (χ3v) is 3.71. The molecule has 22 heavy (non-hydrogen) atoms. The average molecular weight is 318 g/mol. The molecule has 0 N–H and O–H groups in total. The maximum atomic E-state index is 12.4. The van der Waals surface area contributed by atoms with Crippen molar-refractivity contribution < 1.29 is 38.1 Å². The molecule has 0 aromatic heterocycles. The molecule has 8 nitrogen and oxygen atoms in total. The maximum Gasteiger partial charge on any atom is 0.324 e. The molecule has 1 aliphatic carbocycles. The van der Waals surface area contributed by atoms with Gasteiger partial charge in [-0.2, -0.15) is 0 Å². The lowest BCUT2D eigenvalue weighted by molar-refractivity contribution is -0.172. The van der Waals surface area contributed by atoms with Gasteiger partial charge in [-0.15, -0.1) is 0 Å². The standard InChI is InChI=1S/C14H22O8/c1-6-21-12(16)14(13(17)22-7-2)8(10(15)18-3)9(14)11(19-4)20-5/h8-9,11H,6-7H2,1-5H3/t8-,9-/m1/s1. The Bertz CT molecular complexity index is 411. The highest BCUT2D eigenvalue weighted by atomic mass is 16.7. The monoisotopic (exact) mass is 318 g/mol. The molecule has 0 amide bonds. The molecule has 2 atom stereocenters. The summed E-state index contributed by atoms with van der Waals surface area (Å²) in [6.45, 7) is 3.33. The number of carbonyl (C=O) groups is 3. The number of esters is 3. The van der Waals surface area contributed by atoms with Crippen molar-refractivity contribution in [1.82, 2.24) is 0 Å². The summed E-state index contributed by atoms with van der Waals surface area (Å²) < 4.78 is 24.9. The van der Waals surface area contributed by atoms with E-state index < -0.39 is 41.4 Å². The van der Waals surface area contributed by atoms with Crippen molar-refractivity contribution in [3.8, 4) is 0 Å². The van der Waals surface area contributed by atoms with E-state index in [2.05, 4.69) is 4.74 Å². The van der Waals surface area contributed by atoms with Gasteiger partial charge in [0.25, 0.3) is 0 Å². The number of carbonyl (C=O) groups excluding carboxylic acids is 3. The lowest BCUT2D eigenvalue weighted by Crippen LogP contribution is -2.36. The van der Waals surface area contributed by atoms with Gasteiger partial charge in [0.2, 0.25) is 0 Å². The van der Waals surface area contributed by atoms with Crippen LogP contribution in [-0.2, 0) is 38.1 Å². The lowest BCUT2D eigenvalue weighted by Gasteiger charge is -2.18. The van der Waals surface area contributed by atoms with Crippen LogP contribution < -0.4 is 0 Å². The third-order valence-electron chi connectivity index (χ3n) is 3.71. The van der Waals surface area contributed by atoms with E-state index >= 15 is 0 Å². The molecule has 0 radical (unpaired) electrons. The molecule has 0 unspecified atom stereocenters. The largest absolute Gasteiger partial charge is 0.469 e. The third kappa shape index (κ3) is 2.80. The quantitative estimate of drug-likeness (QED) is 0.270. The first-order chi connectivity index (χ1) is 10.5. The molecule has 0 heterocycles. The van der Waals surface area contributed by atoms with E-state index in [9.17, 15) is 14.4 Å². The van der Waals surface area contributed by atoms with Crippen molar-refractivity contribution >= 4 is 17.9 Å². The normalized spacial score (nSPS) is 22.1. The van der Waals surface area contributed by atoms with E-state index in [0.29, 0.717) is 0 Å². The van der Waals surface area contributed by atoms with E-state index in [1.807, 2.05) is 0 Å². The fourth-order valence-corrected chi connectivity index (χ4v) is 2.75. The Kier molecular flexibility index (Phi) is 6.31. The molecule has 0 aliphatic heterocycles. The molecule has 0 aromatic rings. The van der Waals surface area contributed by atoms with Crippen molar-refractivity contribution in [3.05, 3.63) is 0 Å². The fourth-order valence-electron chi connectivity index (χ4n) is 2.75. The topological polar surface area (TPSA) is 97.4 Å². The lowest BCUT2D eigenvalue weighted by atomic mass is 10.0. The first-order valence-corrected chi connectivity index (χ1v) is 6.95. The molecule has 126 valence electrons. The van der Waals surface area contributed by atoms with Crippen molar-refractivity contribution in [2.24, 2.45) is 17.3 Å². The molecule has 0 aromatic carbocycles. The van der Waals surface area contributed by atoms with E-state index in [0.717, 1.165) is 0 Å². The summed E-state index contributed by atoms with van der Waals surface area (Å²) in [7, 11) is 3.87. The van der Waals surface area contributed by atoms with E-state index in [1.165, 1.54) is 21.3 Å². The number of hydrogen-bond acceptors (Lipinski definition) is 8. The average Bonchev–Trinajstić information content (AvgIpc) is 3.19. The Labute approximate surface area is 129 Å². The zero-order chi connectivity index (χ0) is 16.9. The van der Waals surface area contributed by atoms with Crippen LogP contribution in [0.15, 0.2) is 0 Å². The maximum absolute atomic E-state index is 12.4. The molecule has 1 saturated carbocycles. The van der Waals surface area contributed by atoms with Crippen LogP contribution in [-0.4, -0.2) is 58.7 Å². The molecule has 0 bridgehead atoms. The first kappa shape index (κ1) is 18.4. The molecule has 1 fully saturated rings.